The molecule has 168 valence electrons. The summed E-state index contributed by atoms with van der Waals surface area (Å²) in [7, 11) is 0. The van der Waals surface area contributed by atoms with E-state index in [1.165, 1.54) is 23.3 Å². The molecule has 0 aliphatic carbocycles. The summed E-state index contributed by atoms with van der Waals surface area (Å²) in [6, 6.07) is 4.78. The number of rotatable bonds is 5. The molecule has 1 aromatic carbocycles. The van der Waals surface area contributed by atoms with Gasteiger partial charge in [-0.15, -0.1) is 0 Å². The van der Waals surface area contributed by atoms with Gasteiger partial charge in [-0.3, -0.25) is 4.79 Å². The summed E-state index contributed by atoms with van der Waals surface area (Å²) in [5.41, 5.74) is -0.595. The van der Waals surface area contributed by atoms with Gasteiger partial charge in [-0.05, 0) is 12.1 Å². The first kappa shape index (κ1) is 21.6. The number of carbonyl (C=O) groups excluding carboxylic acids is 1. The second-order valence-electron chi connectivity index (χ2n) is 7.04. The number of nitrogens with zero attached hydrogens (tertiary/aromatic N) is 6. The minimum Gasteiger partial charge on any atom is -0.352 e. The van der Waals surface area contributed by atoms with Crippen LogP contribution in [0.15, 0.2) is 49.1 Å². The van der Waals surface area contributed by atoms with Crippen molar-refractivity contribution in [3.63, 3.8) is 0 Å². The lowest BCUT2D eigenvalue weighted by atomic mass is 10.1. The standard InChI is InChI=1S/C19H16F5N7O/c20-18(21)5-8-30(15(18)11-27-17-25-9-12(10-26-17)19(22,23)24)16(32)13-3-1-2-4-14(13)31-28-6-7-29-31/h1-4,6-7,9-10,15H,5,8,11H2,(H,25,26,27). The van der Waals surface area contributed by atoms with Gasteiger partial charge in [-0.1, -0.05) is 12.1 Å². The highest BCUT2D eigenvalue weighted by molar-refractivity contribution is 5.98. The minimum atomic E-state index is -4.61. The van der Waals surface area contributed by atoms with Gasteiger partial charge in [0.15, 0.2) is 0 Å². The van der Waals surface area contributed by atoms with E-state index in [0.29, 0.717) is 18.1 Å². The summed E-state index contributed by atoms with van der Waals surface area (Å²) in [6.45, 7) is -0.654. The van der Waals surface area contributed by atoms with Crippen LogP contribution in [-0.2, 0) is 6.18 Å². The second-order valence-corrected chi connectivity index (χ2v) is 7.04. The van der Waals surface area contributed by atoms with Crippen LogP contribution >= 0.6 is 0 Å². The van der Waals surface area contributed by atoms with Crippen molar-refractivity contribution in [2.75, 3.05) is 18.4 Å². The molecule has 1 saturated heterocycles. The Balaban J connectivity index is 1.54. The predicted octanol–water partition coefficient (Wildman–Crippen LogP) is 3.04. The molecule has 13 heteroatoms. The molecule has 1 aliphatic heterocycles. The minimum absolute atomic E-state index is 0.136. The summed E-state index contributed by atoms with van der Waals surface area (Å²) in [4.78, 5) is 22.4. The van der Waals surface area contributed by atoms with Crippen molar-refractivity contribution in [1.82, 2.24) is 29.9 Å². The smallest absolute Gasteiger partial charge is 0.352 e. The van der Waals surface area contributed by atoms with Crippen molar-refractivity contribution in [2.24, 2.45) is 0 Å². The number of hydrogen-bond donors (Lipinski definition) is 1. The third kappa shape index (κ3) is 4.22. The number of benzene rings is 1. The predicted molar refractivity (Wildman–Crippen MR) is 101 cm³/mol. The fourth-order valence-electron chi connectivity index (χ4n) is 3.40. The zero-order valence-electron chi connectivity index (χ0n) is 16.3. The molecule has 3 heterocycles. The molecule has 4 rings (SSSR count). The van der Waals surface area contributed by atoms with Crippen LogP contribution in [0.2, 0.25) is 0 Å². The van der Waals surface area contributed by atoms with Crippen molar-refractivity contribution >= 4 is 11.9 Å². The quantitative estimate of drug-likeness (QED) is 0.598. The van der Waals surface area contributed by atoms with E-state index in [4.69, 9.17) is 0 Å². The summed E-state index contributed by atoms with van der Waals surface area (Å²) in [6.07, 6.45) is -1.22. The van der Waals surface area contributed by atoms with Gasteiger partial charge >= 0.3 is 6.18 Å². The van der Waals surface area contributed by atoms with E-state index in [1.807, 2.05) is 0 Å². The number of para-hydroxylation sites is 1. The van der Waals surface area contributed by atoms with E-state index in [2.05, 4.69) is 25.5 Å². The fourth-order valence-corrected chi connectivity index (χ4v) is 3.40. The maximum Gasteiger partial charge on any atom is 0.419 e. The number of hydrogen-bond acceptors (Lipinski definition) is 6. The SMILES string of the molecule is O=C(c1ccccc1-n1nccn1)N1CCC(F)(F)C1CNc1ncc(C(F)(F)F)cn1. The summed E-state index contributed by atoms with van der Waals surface area (Å²) >= 11 is 0. The normalized spacial score (nSPS) is 18.0. The third-order valence-electron chi connectivity index (χ3n) is 5.01. The molecule has 1 fully saturated rings. The zero-order valence-corrected chi connectivity index (χ0v) is 16.3. The maximum absolute atomic E-state index is 14.6. The Morgan fingerprint density at radius 1 is 1.12 bits per heavy atom. The van der Waals surface area contributed by atoms with Gasteiger partial charge in [0.05, 0.1) is 29.2 Å². The number of carbonyl (C=O) groups is 1. The van der Waals surface area contributed by atoms with E-state index >= 15 is 0 Å². The van der Waals surface area contributed by atoms with E-state index in [9.17, 15) is 26.7 Å². The maximum atomic E-state index is 14.6. The number of halogens is 5. The lowest BCUT2D eigenvalue weighted by Crippen LogP contribution is -2.47. The molecular weight excluding hydrogens is 437 g/mol. The van der Waals surface area contributed by atoms with Gasteiger partial charge in [0.2, 0.25) is 5.95 Å². The molecule has 1 atom stereocenters. The molecule has 2 aromatic heterocycles. The molecule has 0 radical (unpaired) electrons. The largest absolute Gasteiger partial charge is 0.419 e. The molecule has 1 N–H and O–H groups in total. The number of alkyl halides is 5. The number of likely N-dealkylation sites (tertiary alicyclic amines) is 1. The van der Waals surface area contributed by atoms with Crippen molar-refractivity contribution < 1.29 is 26.7 Å². The first-order valence-corrected chi connectivity index (χ1v) is 9.44. The molecule has 0 spiro atoms. The van der Waals surface area contributed by atoms with E-state index < -0.39 is 42.6 Å². The monoisotopic (exact) mass is 453 g/mol. The van der Waals surface area contributed by atoms with Crippen LogP contribution in [0, 0.1) is 0 Å². The Morgan fingerprint density at radius 3 is 2.44 bits per heavy atom. The summed E-state index contributed by atoms with van der Waals surface area (Å²) < 4.78 is 67.1. The Bertz CT molecular complexity index is 1090. The number of nitrogens with one attached hydrogen (secondary N) is 1. The molecule has 1 amide bonds. The van der Waals surface area contributed by atoms with Gasteiger partial charge in [0, 0.05) is 31.9 Å². The molecule has 1 aliphatic rings. The van der Waals surface area contributed by atoms with E-state index in [1.54, 1.807) is 18.2 Å². The molecule has 0 bridgehead atoms. The van der Waals surface area contributed by atoms with E-state index in [-0.39, 0.29) is 18.1 Å². The highest BCUT2D eigenvalue weighted by Crippen LogP contribution is 2.35. The van der Waals surface area contributed by atoms with Crippen LogP contribution in [0.5, 0.6) is 0 Å². The Hall–Kier alpha value is -3.64. The molecular formula is C19H16F5N7O. The lowest BCUT2D eigenvalue weighted by Gasteiger charge is -2.28. The van der Waals surface area contributed by atoms with Crippen LogP contribution in [0.1, 0.15) is 22.3 Å². The van der Waals surface area contributed by atoms with Crippen LogP contribution < -0.4 is 5.32 Å². The van der Waals surface area contributed by atoms with Crippen LogP contribution in [0.25, 0.3) is 5.69 Å². The lowest BCUT2D eigenvalue weighted by molar-refractivity contribution is -0.138. The zero-order chi connectivity index (χ0) is 22.9. The average molecular weight is 453 g/mol. The van der Waals surface area contributed by atoms with Crippen molar-refractivity contribution in [3.05, 3.63) is 60.2 Å². The Labute approximate surface area is 178 Å². The van der Waals surface area contributed by atoms with Crippen LogP contribution in [0.4, 0.5) is 27.9 Å². The highest BCUT2D eigenvalue weighted by Gasteiger charge is 2.51. The summed E-state index contributed by atoms with van der Waals surface area (Å²) in [5, 5.41) is 10.5. The number of amides is 1. The van der Waals surface area contributed by atoms with Crippen molar-refractivity contribution in [1.29, 1.82) is 0 Å². The first-order chi connectivity index (χ1) is 15.2. The summed E-state index contributed by atoms with van der Waals surface area (Å²) in [5.74, 6) is -4.11. The average Bonchev–Trinajstić information content (AvgIpc) is 3.39. The highest BCUT2D eigenvalue weighted by atomic mass is 19.4. The van der Waals surface area contributed by atoms with Crippen molar-refractivity contribution in [3.8, 4) is 5.69 Å². The number of anilines is 1. The van der Waals surface area contributed by atoms with Gasteiger partial charge in [-0.25, -0.2) is 18.7 Å². The second kappa shape index (κ2) is 8.13. The number of aromatic nitrogens is 5. The third-order valence-corrected chi connectivity index (χ3v) is 5.01. The fraction of sp³-hybridized carbons (Fsp3) is 0.316. The topological polar surface area (TPSA) is 88.8 Å². The van der Waals surface area contributed by atoms with Gasteiger partial charge in [0.25, 0.3) is 11.8 Å². The molecule has 3 aromatic rings. The molecule has 0 saturated carbocycles. The van der Waals surface area contributed by atoms with Crippen LogP contribution in [0.3, 0.4) is 0 Å². The van der Waals surface area contributed by atoms with Gasteiger partial charge < -0.3 is 10.2 Å². The first-order valence-electron chi connectivity index (χ1n) is 9.44. The van der Waals surface area contributed by atoms with Crippen LogP contribution in [-0.4, -0.2) is 60.8 Å². The Morgan fingerprint density at radius 2 is 1.78 bits per heavy atom. The molecule has 1 unspecified atom stereocenters. The molecule has 32 heavy (non-hydrogen) atoms. The Kier molecular flexibility index (Phi) is 5.48. The van der Waals surface area contributed by atoms with Gasteiger partial charge in [-0.2, -0.15) is 28.2 Å². The van der Waals surface area contributed by atoms with E-state index in [0.717, 1.165) is 4.90 Å². The van der Waals surface area contributed by atoms with Crippen molar-refractivity contribution in [2.45, 2.75) is 24.6 Å². The molecule has 8 nitrogen and oxygen atoms in total. The van der Waals surface area contributed by atoms with Gasteiger partial charge in [0.1, 0.15) is 6.04 Å².